The van der Waals surface area contributed by atoms with E-state index in [4.69, 9.17) is 0 Å². The highest BCUT2D eigenvalue weighted by Gasteiger charge is 2.14. The molecule has 0 radical (unpaired) electrons. The van der Waals surface area contributed by atoms with Gasteiger partial charge in [0.05, 0.1) is 11.0 Å². The van der Waals surface area contributed by atoms with Crippen LogP contribution >= 0.6 is 0 Å². The van der Waals surface area contributed by atoms with Gasteiger partial charge in [-0.15, -0.1) is 0 Å². The minimum absolute atomic E-state index is 0.477. The van der Waals surface area contributed by atoms with Crippen molar-refractivity contribution in [2.45, 2.75) is 33.2 Å². The lowest BCUT2D eigenvalue weighted by atomic mass is 10.0. The lowest BCUT2D eigenvalue weighted by Gasteiger charge is -2.21. The van der Waals surface area contributed by atoms with Crippen molar-refractivity contribution in [1.82, 2.24) is 9.55 Å². The highest BCUT2D eigenvalue weighted by molar-refractivity contribution is 5.78. The number of imidazole rings is 1. The van der Waals surface area contributed by atoms with E-state index in [9.17, 15) is 0 Å². The summed E-state index contributed by atoms with van der Waals surface area (Å²) < 4.78 is 2.13. The van der Waals surface area contributed by atoms with Crippen LogP contribution in [-0.2, 0) is 7.05 Å². The maximum atomic E-state index is 4.63. The summed E-state index contributed by atoms with van der Waals surface area (Å²) in [5.74, 6) is 1.58. The van der Waals surface area contributed by atoms with Crippen LogP contribution in [0.4, 0.5) is 5.95 Å². The number of hydrogen-bond acceptors (Lipinski definition) is 2. The summed E-state index contributed by atoms with van der Waals surface area (Å²) in [6.45, 7) is 6.69. The van der Waals surface area contributed by atoms with E-state index >= 15 is 0 Å². The third kappa shape index (κ3) is 2.28. The molecule has 1 aromatic carbocycles. The molecule has 92 valence electrons. The fraction of sp³-hybridized carbons (Fsp3) is 0.500. The first kappa shape index (κ1) is 12.0. The van der Waals surface area contributed by atoms with E-state index in [1.54, 1.807) is 0 Å². The van der Waals surface area contributed by atoms with E-state index in [0.29, 0.717) is 12.0 Å². The van der Waals surface area contributed by atoms with E-state index in [2.05, 4.69) is 54.8 Å². The highest BCUT2D eigenvalue weighted by atomic mass is 15.2. The van der Waals surface area contributed by atoms with Crippen molar-refractivity contribution in [3.8, 4) is 0 Å². The summed E-state index contributed by atoms with van der Waals surface area (Å²) >= 11 is 0. The Kier molecular flexibility index (Phi) is 3.36. The first-order valence-electron chi connectivity index (χ1n) is 6.31. The van der Waals surface area contributed by atoms with Crippen molar-refractivity contribution in [3.63, 3.8) is 0 Å². The average Bonchev–Trinajstić information content (AvgIpc) is 2.63. The third-order valence-corrected chi connectivity index (χ3v) is 3.35. The summed E-state index contributed by atoms with van der Waals surface area (Å²) in [7, 11) is 2.06. The van der Waals surface area contributed by atoms with Crippen LogP contribution in [0.5, 0.6) is 0 Å². The molecule has 0 aliphatic heterocycles. The van der Waals surface area contributed by atoms with Crippen molar-refractivity contribution in [3.05, 3.63) is 24.3 Å². The van der Waals surface area contributed by atoms with Gasteiger partial charge in [0.2, 0.25) is 5.95 Å². The van der Waals surface area contributed by atoms with Crippen LogP contribution in [0.15, 0.2) is 24.3 Å². The van der Waals surface area contributed by atoms with Gasteiger partial charge in [-0.3, -0.25) is 0 Å². The van der Waals surface area contributed by atoms with Gasteiger partial charge in [-0.05, 0) is 24.5 Å². The Bertz CT molecular complexity index is 499. The quantitative estimate of drug-likeness (QED) is 0.873. The predicted octanol–water partition coefficient (Wildman–Crippen LogP) is 3.42. The van der Waals surface area contributed by atoms with Gasteiger partial charge < -0.3 is 9.88 Å². The van der Waals surface area contributed by atoms with Crippen molar-refractivity contribution in [2.24, 2.45) is 13.0 Å². The van der Waals surface area contributed by atoms with Gasteiger partial charge in [0, 0.05) is 13.1 Å². The fourth-order valence-electron chi connectivity index (χ4n) is 2.18. The molecular formula is C14H21N3. The van der Waals surface area contributed by atoms with Crippen LogP contribution in [0.1, 0.15) is 27.2 Å². The number of aryl methyl sites for hydroxylation is 1. The van der Waals surface area contributed by atoms with Crippen LogP contribution in [0.25, 0.3) is 11.0 Å². The minimum Gasteiger partial charge on any atom is -0.353 e. The van der Waals surface area contributed by atoms with Crippen molar-refractivity contribution in [2.75, 3.05) is 5.32 Å². The molecule has 0 fully saturated rings. The molecule has 0 saturated heterocycles. The lowest BCUT2D eigenvalue weighted by molar-refractivity contribution is 0.506. The maximum absolute atomic E-state index is 4.63. The van der Waals surface area contributed by atoms with Crippen molar-refractivity contribution >= 4 is 17.0 Å². The molecule has 1 heterocycles. The molecular weight excluding hydrogens is 210 g/mol. The summed E-state index contributed by atoms with van der Waals surface area (Å²) in [4.78, 5) is 4.63. The Balaban J connectivity index is 2.33. The SMILES string of the molecule is CCC(Nc1nc2ccccc2n1C)C(C)C. The monoisotopic (exact) mass is 231 g/mol. The Morgan fingerprint density at radius 1 is 1.29 bits per heavy atom. The number of aromatic nitrogens is 2. The second-order valence-corrected chi connectivity index (χ2v) is 4.89. The zero-order valence-electron chi connectivity index (χ0n) is 11.1. The van der Waals surface area contributed by atoms with Gasteiger partial charge in [0.15, 0.2) is 0 Å². The Hall–Kier alpha value is -1.51. The summed E-state index contributed by atoms with van der Waals surface area (Å²) in [6.07, 6.45) is 1.11. The molecule has 2 rings (SSSR count). The predicted molar refractivity (Wildman–Crippen MR) is 73.3 cm³/mol. The van der Waals surface area contributed by atoms with Crippen LogP contribution < -0.4 is 5.32 Å². The number of rotatable bonds is 4. The molecule has 17 heavy (non-hydrogen) atoms. The largest absolute Gasteiger partial charge is 0.353 e. The van der Waals surface area contributed by atoms with Gasteiger partial charge in [0.1, 0.15) is 0 Å². The standard InChI is InChI=1S/C14H21N3/c1-5-11(10(2)3)15-14-16-12-8-6-7-9-13(12)17(14)4/h6-11H,5H2,1-4H3,(H,15,16). The molecule has 0 aliphatic carbocycles. The minimum atomic E-state index is 0.477. The van der Waals surface area contributed by atoms with Gasteiger partial charge in [-0.1, -0.05) is 32.9 Å². The van der Waals surface area contributed by atoms with Gasteiger partial charge in [0.25, 0.3) is 0 Å². The van der Waals surface area contributed by atoms with Gasteiger partial charge in [-0.25, -0.2) is 4.98 Å². The first-order valence-corrected chi connectivity index (χ1v) is 6.31. The molecule has 2 aromatic rings. The summed E-state index contributed by atoms with van der Waals surface area (Å²) in [6, 6.07) is 8.71. The molecule has 0 amide bonds. The molecule has 3 nitrogen and oxygen atoms in total. The molecule has 0 saturated carbocycles. The van der Waals surface area contributed by atoms with Gasteiger partial charge in [-0.2, -0.15) is 0 Å². The maximum Gasteiger partial charge on any atom is 0.203 e. The Morgan fingerprint density at radius 2 is 2.00 bits per heavy atom. The number of benzene rings is 1. The Morgan fingerprint density at radius 3 is 2.59 bits per heavy atom. The van der Waals surface area contributed by atoms with Crippen LogP contribution in [0.2, 0.25) is 0 Å². The Labute approximate surface area is 103 Å². The van der Waals surface area contributed by atoms with E-state index in [1.807, 2.05) is 12.1 Å². The third-order valence-electron chi connectivity index (χ3n) is 3.35. The molecule has 1 aromatic heterocycles. The number of fused-ring (bicyclic) bond motifs is 1. The molecule has 3 heteroatoms. The van der Waals surface area contributed by atoms with Crippen LogP contribution in [-0.4, -0.2) is 15.6 Å². The average molecular weight is 231 g/mol. The fourth-order valence-corrected chi connectivity index (χ4v) is 2.18. The van der Waals surface area contributed by atoms with Crippen molar-refractivity contribution < 1.29 is 0 Å². The molecule has 0 spiro atoms. The van der Waals surface area contributed by atoms with Crippen LogP contribution in [0, 0.1) is 5.92 Å². The number of nitrogens with one attached hydrogen (secondary N) is 1. The topological polar surface area (TPSA) is 29.9 Å². The van der Waals surface area contributed by atoms with E-state index in [0.717, 1.165) is 17.9 Å². The molecule has 0 aliphatic rings. The second-order valence-electron chi connectivity index (χ2n) is 4.89. The number of anilines is 1. The van der Waals surface area contributed by atoms with E-state index in [1.165, 1.54) is 5.52 Å². The van der Waals surface area contributed by atoms with E-state index in [-0.39, 0.29) is 0 Å². The number of hydrogen-bond donors (Lipinski definition) is 1. The van der Waals surface area contributed by atoms with Crippen LogP contribution in [0.3, 0.4) is 0 Å². The second kappa shape index (κ2) is 4.78. The van der Waals surface area contributed by atoms with Crippen molar-refractivity contribution in [1.29, 1.82) is 0 Å². The number of para-hydroxylation sites is 2. The molecule has 1 atom stereocenters. The smallest absolute Gasteiger partial charge is 0.203 e. The summed E-state index contributed by atoms with van der Waals surface area (Å²) in [5.41, 5.74) is 2.23. The zero-order valence-corrected chi connectivity index (χ0v) is 11.1. The zero-order chi connectivity index (χ0) is 12.4. The van der Waals surface area contributed by atoms with Gasteiger partial charge >= 0.3 is 0 Å². The lowest BCUT2D eigenvalue weighted by Crippen LogP contribution is -2.26. The first-order chi connectivity index (χ1) is 8.13. The molecule has 0 bridgehead atoms. The number of nitrogens with zero attached hydrogens (tertiary/aromatic N) is 2. The summed E-state index contributed by atoms with van der Waals surface area (Å²) in [5, 5.41) is 3.54. The highest BCUT2D eigenvalue weighted by Crippen LogP contribution is 2.20. The molecule has 1 N–H and O–H groups in total. The molecule has 1 unspecified atom stereocenters. The van der Waals surface area contributed by atoms with E-state index < -0.39 is 0 Å². The normalized spacial score (nSPS) is 13.2.